The van der Waals surface area contributed by atoms with Crippen molar-refractivity contribution in [2.45, 2.75) is 20.0 Å². The van der Waals surface area contributed by atoms with Gasteiger partial charge in [-0.05, 0) is 55.8 Å². The summed E-state index contributed by atoms with van der Waals surface area (Å²) in [6.07, 6.45) is 3.02. The van der Waals surface area contributed by atoms with Crippen LogP contribution in [0.4, 0.5) is 5.69 Å². The molecule has 0 aliphatic carbocycles. The zero-order chi connectivity index (χ0) is 18.3. The van der Waals surface area contributed by atoms with Crippen LogP contribution >= 0.6 is 11.6 Å². The molecule has 0 bridgehead atoms. The molecule has 1 atom stereocenters. The summed E-state index contributed by atoms with van der Waals surface area (Å²) in [5, 5.41) is 4.71. The number of nitrogens with zero attached hydrogens (tertiary/aromatic N) is 4. The number of rotatable bonds is 2. The van der Waals surface area contributed by atoms with Gasteiger partial charge in [0.2, 0.25) is 0 Å². The van der Waals surface area contributed by atoms with E-state index >= 15 is 0 Å². The number of aryl methyl sites for hydroxylation is 1. The number of fused-ring (bicyclic) bond motifs is 1. The Hall–Kier alpha value is -2.86. The molecule has 1 aliphatic rings. The molecule has 0 N–H and O–H groups in total. The first-order valence-electron chi connectivity index (χ1n) is 8.26. The number of carbonyl (C=O) groups is 1. The number of amides is 1. The zero-order valence-electron chi connectivity index (χ0n) is 14.4. The van der Waals surface area contributed by atoms with E-state index in [1.165, 1.54) is 6.33 Å². The van der Waals surface area contributed by atoms with Crippen LogP contribution in [0.15, 0.2) is 49.1 Å². The van der Waals surface area contributed by atoms with E-state index in [9.17, 15) is 4.79 Å². The highest BCUT2D eigenvalue weighted by atomic mass is 35.5. The fourth-order valence-electron chi connectivity index (χ4n) is 3.14. The van der Waals surface area contributed by atoms with Gasteiger partial charge in [0.15, 0.2) is 0 Å². The third kappa shape index (κ3) is 2.93. The third-order valence-electron chi connectivity index (χ3n) is 4.33. The summed E-state index contributed by atoms with van der Waals surface area (Å²) in [5.41, 5.74) is 3.12. The van der Waals surface area contributed by atoms with Crippen molar-refractivity contribution in [1.29, 1.82) is 0 Å². The van der Waals surface area contributed by atoms with Crippen molar-refractivity contribution in [3.63, 3.8) is 0 Å². The minimum atomic E-state index is -0.0943. The molecular formula is C19H17ClN4O2. The Morgan fingerprint density at radius 1 is 1.23 bits per heavy atom. The highest BCUT2D eigenvalue weighted by molar-refractivity contribution is 6.31. The van der Waals surface area contributed by atoms with Crippen LogP contribution in [0.3, 0.4) is 0 Å². The molecule has 4 rings (SSSR count). The first-order valence-corrected chi connectivity index (χ1v) is 8.64. The lowest BCUT2D eigenvalue weighted by molar-refractivity contribution is 0.0961. The van der Waals surface area contributed by atoms with Gasteiger partial charge >= 0.3 is 0 Å². The molecule has 0 saturated heterocycles. The van der Waals surface area contributed by atoms with Crippen molar-refractivity contribution in [1.82, 2.24) is 14.8 Å². The Morgan fingerprint density at radius 3 is 2.81 bits per heavy atom. The molecule has 0 unspecified atom stereocenters. The second-order valence-corrected chi connectivity index (χ2v) is 6.73. The summed E-state index contributed by atoms with van der Waals surface area (Å²) >= 11 is 6.12. The number of hydrogen-bond donors (Lipinski definition) is 0. The predicted molar refractivity (Wildman–Crippen MR) is 99.3 cm³/mol. The number of carbonyl (C=O) groups excluding carboxylic acids is 1. The van der Waals surface area contributed by atoms with Gasteiger partial charge < -0.3 is 9.64 Å². The topological polar surface area (TPSA) is 60.2 Å². The molecule has 2 aromatic carbocycles. The molecular weight excluding hydrogens is 352 g/mol. The van der Waals surface area contributed by atoms with Gasteiger partial charge in [-0.15, -0.1) is 0 Å². The van der Waals surface area contributed by atoms with E-state index in [-0.39, 0.29) is 12.0 Å². The van der Waals surface area contributed by atoms with Crippen LogP contribution in [0.25, 0.3) is 5.69 Å². The molecule has 7 heteroatoms. The van der Waals surface area contributed by atoms with E-state index in [1.54, 1.807) is 40.2 Å². The Kier molecular flexibility index (Phi) is 4.12. The molecule has 0 spiro atoms. The molecule has 1 amide bonds. The zero-order valence-corrected chi connectivity index (χ0v) is 15.1. The van der Waals surface area contributed by atoms with Gasteiger partial charge in [0.1, 0.15) is 24.5 Å². The summed E-state index contributed by atoms with van der Waals surface area (Å²) < 4.78 is 7.50. The van der Waals surface area contributed by atoms with Crippen molar-refractivity contribution in [3.8, 4) is 11.4 Å². The quantitative estimate of drug-likeness (QED) is 0.692. The molecule has 2 heterocycles. The standard InChI is InChI=1S/C19H17ClN4O2/c1-12-7-14(3-5-16(12)24-11-21-10-22-24)19(25)23-9-13(2)26-18-6-4-15(20)8-17(18)23/h3-8,10-11,13H,9H2,1-2H3/t13-/m0/s1. The van der Waals surface area contributed by atoms with E-state index in [0.29, 0.717) is 28.6 Å². The summed E-state index contributed by atoms with van der Waals surface area (Å²) in [6, 6.07) is 10.9. The Labute approximate surface area is 156 Å². The van der Waals surface area contributed by atoms with Gasteiger partial charge in [0.25, 0.3) is 5.91 Å². The van der Waals surface area contributed by atoms with Crippen LogP contribution < -0.4 is 9.64 Å². The maximum atomic E-state index is 13.2. The number of benzene rings is 2. The maximum absolute atomic E-state index is 13.2. The molecule has 132 valence electrons. The minimum absolute atomic E-state index is 0.0862. The van der Waals surface area contributed by atoms with E-state index in [1.807, 2.05) is 26.0 Å². The van der Waals surface area contributed by atoms with Crippen molar-refractivity contribution in [2.75, 3.05) is 11.4 Å². The highest BCUT2D eigenvalue weighted by Crippen LogP contribution is 2.36. The monoisotopic (exact) mass is 368 g/mol. The fourth-order valence-corrected chi connectivity index (χ4v) is 3.30. The molecule has 1 aliphatic heterocycles. The van der Waals surface area contributed by atoms with Crippen LogP contribution in [0.5, 0.6) is 5.75 Å². The minimum Gasteiger partial charge on any atom is -0.487 e. The largest absolute Gasteiger partial charge is 0.487 e. The molecule has 1 aromatic heterocycles. The van der Waals surface area contributed by atoms with Gasteiger partial charge in [-0.3, -0.25) is 4.79 Å². The second kappa shape index (κ2) is 6.46. The molecule has 26 heavy (non-hydrogen) atoms. The molecule has 0 saturated carbocycles. The van der Waals surface area contributed by atoms with Gasteiger partial charge in [-0.25, -0.2) is 9.67 Å². The maximum Gasteiger partial charge on any atom is 0.258 e. The van der Waals surface area contributed by atoms with Crippen LogP contribution in [-0.2, 0) is 0 Å². The number of ether oxygens (including phenoxy) is 1. The Balaban J connectivity index is 1.70. The Bertz CT molecular complexity index is 972. The van der Waals surface area contributed by atoms with Crippen LogP contribution in [0.1, 0.15) is 22.8 Å². The molecule has 0 fully saturated rings. The van der Waals surface area contributed by atoms with Crippen LogP contribution in [0.2, 0.25) is 5.02 Å². The lowest BCUT2D eigenvalue weighted by atomic mass is 10.1. The molecule has 3 aromatic rings. The molecule has 6 nitrogen and oxygen atoms in total. The second-order valence-electron chi connectivity index (χ2n) is 6.30. The SMILES string of the molecule is Cc1cc(C(=O)N2C[C@H](C)Oc3ccc(Cl)cc32)ccc1-n1cncn1. The lowest BCUT2D eigenvalue weighted by Crippen LogP contribution is -2.42. The van der Waals surface area contributed by atoms with Gasteiger partial charge in [0, 0.05) is 10.6 Å². The summed E-state index contributed by atoms with van der Waals surface area (Å²) in [7, 11) is 0. The van der Waals surface area contributed by atoms with E-state index in [0.717, 1.165) is 11.3 Å². The smallest absolute Gasteiger partial charge is 0.258 e. The third-order valence-corrected chi connectivity index (χ3v) is 4.57. The Morgan fingerprint density at radius 2 is 2.08 bits per heavy atom. The van der Waals surface area contributed by atoms with Gasteiger partial charge in [-0.2, -0.15) is 5.10 Å². The fraction of sp³-hybridized carbons (Fsp3) is 0.211. The van der Waals surface area contributed by atoms with E-state index in [2.05, 4.69) is 10.1 Å². The summed E-state index contributed by atoms with van der Waals surface area (Å²) in [5.74, 6) is 0.578. The summed E-state index contributed by atoms with van der Waals surface area (Å²) in [6.45, 7) is 4.35. The normalized spacial score (nSPS) is 16.1. The predicted octanol–water partition coefficient (Wildman–Crippen LogP) is 3.66. The van der Waals surface area contributed by atoms with Crippen molar-refractivity contribution < 1.29 is 9.53 Å². The molecule has 0 radical (unpaired) electrons. The first kappa shape index (κ1) is 16.6. The number of anilines is 1. The van der Waals surface area contributed by atoms with Crippen molar-refractivity contribution in [3.05, 3.63) is 65.2 Å². The van der Waals surface area contributed by atoms with Crippen LogP contribution in [0, 0.1) is 6.92 Å². The van der Waals surface area contributed by atoms with Crippen LogP contribution in [-0.4, -0.2) is 33.3 Å². The van der Waals surface area contributed by atoms with Gasteiger partial charge in [-0.1, -0.05) is 11.6 Å². The number of aromatic nitrogens is 3. The van der Waals surface area contributed by atoms with Crippen molar-refractivity contribution >= 4 is 23.2 Å². The van der Waals surface area contributed by atoms with Gasteiger partial charge in [0.05, 0.1) is 17.9 Å². The van der Waals surface area contributed by atoms with E-state index < -0.39 is 0 Å². The lowest BCUT2D eigenvalue weighted by Gasteiger charge is -2.33. The van der Waals surface area contributed by atoms with Crippen molar-refractivity contribution in [2.24, 2.45) is 0 Å². The number of halogens is 1. The van der Waals surface area contributed by atoms with E-state index in [4.69, 9.17) is 16.3 Å². The average Bonchev–Trinajstić information content (AvgIpc) is 3.15. The summed E-state index contributed by atoms with van der Waals surface area (Å²) in [4.78, 5) is 18.8. The highest BCUT2D eigenvalue weighted by Gasteiger charge is 2.28. The number of hydrogen-bond acceptors (Lipinski definition) is 4. The average molecular weight is 369 g/mol. The first-order chi connectivity index (χ1) is 12.5.